The van der Waals surface area contributed by atoms with E-state index >= 15 is 0 Å². The third-order valence-electron chi connectivity index (χ3n) is 4.05. The van der Waals surface area contributed by atoms with E-state index in [1.165, 1.54) is 0 Å². The zero-order chi connectivity index (χ0) is 13.9. The summed E-state index contributed by atoms with van der Waals surface area (Å²) in [5.74, 6) is 0. The first-order chi connectivity index (χ1) is 8.99. The van der Waals surface area contributed by atoms with Crippen molar-refractivity contribution in [3.63, 3.8) is 0 Å². The molecule has 102 valence electrons. The molecule has 19 heavy (non-hydrogen) atoms. The van der Waals surface area contributed by atoms with Crippen molar-refractivity contribution in [2.24, 2.45) is 5.41 Å². The van der Waals surface area contributed by atoms with E-state index in [-0.39, 0.29) is 0 Å². The number of nitriles is 1. The zero-order valence-electron chi connectivity index (χ0n) is 11.0. The smallest absolute Gasteiger partial charge is 0.0904 e. The van der Waals surface area contributed by atoms with Crippen molar-refractivity contribution in [1.82, 2.24) is 0 Å². The zero-order valence-corrected chi connectivity index (χ0v) is 11.8. The van der Waals surface area contributed by atoms with Gasteiger partial charge in [-0.05, 0) is 37.5 Å². The van der Waals surface area contributed by atoms with Crippen molar-refractivity contribution in [3.8, 4) is 6.07 Å². The van der Waals surface area contributed by atoms with Crippen LogP contribution in [0.5, 0.6) is 0 Å². The molecular formula is C15H18ClNO2. The normalized spacial score (nSPS) is 21.4. The maximum atomic E-state index is 10.8. The van der Waals surface area contributed by atoms with Crippen LogP contribution in [0.4, 0.5) is 0 Å². The second-order valence-corrected chi connectivity index (χ2v) is 5.82. The molecule has 0 aliphatic carbocycles. The summed E-state index contributed by atoms with van der Waals surface area (Å²) in [4.78, 5) is 0. The number of aliphatic hydroxyl groups is 1. The fraction of sp³-hybridized carbons (Fsp3) is 0.533. The van der Waals surface area contributed by atoms with Gasteiger partial charge in [-0.2, -0.15) is 5.26 Å². The van der Waals surface area contributed by atoms with Gasteiger partial charge in [0.15, 0.2) is 0 Å². The molecule has 0 spiro atoms. The molecule has 1 fully saturated rings. The van der Waals surface area contributed by atoms with E-state index in [2.05, 4.69) is 6.07 Å². The number of rotatable bonds is 3. The molecule has 1 aromatic rings. The molecule has 2 rings (SSSR count). The Hall–Kier alpha value is -1.08. The van der Waals surface area contributed by atoms with E-state index in [0.717, 1.165) is 5.56 Å². The number of ether oxygens (including phenoxy) is 1. The van der Waals surface area contributed by atoms with Crippen molar-refractivity contribution in [3.05, 3.63) is 34.9 Å². The first-order valence-corrected chi connectivity index (χ1v) is 6.83. The van der Waals surface area contributed by atoms with Gasteiger partial charge in [0.05, 0.1) is 17.1 Å². The Bertz CT molecular complexity index is 470. The Morgan fingerprint density at radius 2 is 1.95 bits per heavy atom. The molecule has 1 saturated heterocycles. The van der Waals surface area contributed by atoms with Crippen LogP contribution in [0.25, 0.3) is 0 Å². The minimum Gasteiger partial charge on any atom is -0.388 e. The molecule has 1 aliphatic heterocycles. The summed E-state index contributed by atoms with van der Waals surface area (Å²) < 4.78 is 5.31. The Balaban J connectivity index is 2.20. The lowest BCUT2D eigenvalue weighted by atomic mass is 9.66. The fourth-order valence-electron chi connectivity index (χ4n) is 2.66. The quantitative estimate of drug-likeness (QED) is 0.925. The summed E-state index contributed by atoms with van der Waals surface area (Å²) >= 11 is 5.85. The van der Waals surface area contributed by atoms with Crippen molar-refractivity contribution < 1.29 is 9.84 Å². The van der Waals surface area contributed by atoms with E-state index in [0.29, 0.717) is 37.5 Å². The standard InChI is InChI=1S/C15H18ClNO2/c1-14(18,10-12-2-4-13(16)5-3-12)15(11-17)6-8-19-9-7-15/h2-5,18H,6-10H2,1H3. The lowest BCUT2D eigenvalue weighted by molar-refractivity contribution is -0.0917. The van der Waals surface area contributed by atoms with Gasteiger partial charge < -0.3 is 9.84 Å². The topological polar surface area (TPSA) is 53.2 Å². The monoisotopic (exact) mass is 279 g/mol. The summed E-state index contributed by atoms with van der Waals surface area (Å²) in [6.07, 6.45) is 1.59. The molecule has 1 unspecified atom stereocenters. The lowest BCUT2D eigenvalue weighted by Crippen LogP contribution is -2.50. The van der Waals surface area contributed by atoms with E-state index in [4.69, 9.17) is 16.3 Å². The molecule has 3 nitrogen and oxygen atoms in total. The molecule has 0 amide bonds. The molecule has 1 N–H and O–H groups in total. The van der Waals surface area contributed by atoms with E-state index in [1.54, 1.807) is 19.1 Å². The SMILES string of the molecule is CC(O)(Cc1ccc(Cl)cc1)C1(C#N)CCOCC1. The van der Waals surface area contributed by atoms with E-state index in [1.807, 2.05) is 12.1 Å². The van der Waals surface area contributed by atoms with Gasteiger partial charge in [-0.15, -0.1) is 0 Å². The number of hydrogen-bond donors (Lipinski definition) is 1. The average molecular weight is 280 g/mol. The Morgan fingerprint density at radius 1 is 1.37 bits per heavy atom. The maximum Gasteiger partial charge on any atom is 0.0904 e. The highest BCUT2D eigenvalue weighted by atomic mass is 35.5. The molecule has 1 heterocycles. The summed E-state index contributed by atoms with van der Waals surface area (Å²) in [5, 5.41) is 21.0. The predicted molar refractivity (Wildman–Crippen MR) is 73.9 cm³/mol. The number of hydrogen-bond acceptors (Lipinski definition) is 3. The van der Waals surface area contributed by atoms with Gasteiger partial charge in [0, 0.05) is 24.7 Å². The third-order valence-corrected chi connectivity index (χ3v) is 4.30. The Morgan fingerprint density at radius 3 is 2.47 bits per heavy atom. The molecule has 0 radical (unpaired) electrons. The molecule has 1 aromatic carbocycles. The van der Waals surface area contributed by atoms with Gasteiger partial charge in [-0.1, -0.05) is 23.7 Å². The molecule has 1 aliphatic rings. The largest absolute Gasteiger partial charge is 0.388 e. The van der Waals surface area contributed by atoms with Crippen LogP contribution < -0.4 is 0 Å². The highest BCUT2D eigenvalue weighted by Gasteiger charge is 2.48. The number of halogens is 1. The van der Waals surface area contributed by atoms with Gasteiger partial charge in [-0.25, -0.2) is 0 Å². The van der Waals surface area contributed by atoms with Crippen LogP contribution in [-0.2, 0) is 11.2 Å². The van der Waals surface area contributed by atoms with Crippen molar-refractivity contribution in [2.75, 3.05) is 13.2 Å². The summed E-state index contributed by atoms with van der Waals surface area (Å²) in [6, 6.07) is 9.72. The molecule has 4 heteroatoms. The van der Waals surface area contributed by atoms with Crippen molar-refractivity contribution >= 4 is 11.6 Å². The van der Waals surface area contributed by atoms with Crippen LogP contribution in [-0.4, -0.2) is 23.9 Å². The first-order valence-electron chi connectivity index (χ1n) is 6.45. The Kier molecular flexibility index (Phi) is 4.15. The highest BCUT2D eigenvalue weighted by Crippen LogP contribution is 2.42. The van der Waals surface area contributed by atoms with Crippen LogP contribution in [0.1, 0.15) is 25.3 Å². The Labute approximate surface area is 118 Å². The van der Waals surface area contributed by atoms with Gasteiger partial charge in [0.25, 0.3) is 0 Å². The lowest BCUT2D eigenvalue weighted by Gasteiger charge is -2.42. The molecule has 0 aromatic heterocycles. The maximum absolute atomic E-state index is 10.8. The van der Waals surface area contributed by atoms with Crippen LogP contribution in [0, 0.1) is 16.7 Å². The van der Waals surface area contributed by atoms with Gasteiger partial charge in [0.1, 0.15) is 0 Å². The predicted octanol–water partition coefficient (Wildman–Crippen LogP) is 2.95. The second kappa shape index (κ2) is 5.50. The first kappa shape index (κ1) is 14.3. The minimum absolute atomic E-state index is 0.442. The van der Waals surface area contributed by atoms with Crippen LogP contribution >= 0.6 is 11.6 Å². The summed E-state index contributed by atoms with van der Waals surface area (Å²) in [7, 11) is 0. The summed E-state index contributed by atoms with van der Waals surface area (Å²) in [5.41, 5.74) is -0.819. The van der Waals surface area contributed by atoms with E-state index < -0.39 is 11.0 Å². The second-order valence-electron chi connectivity index (χ2n) is 5.38. The fourth-order valence-corrected chi connectivity index (χ4v) is 2.79. The third kappa shape index (κ3) is 2.92. The van der Waals surface area contributed by atoms with Gasteiger partial charge in [-0.3, -0.25) is 0 Å². The highest BCUT2D eigenvalue weighted by molar-refractivity contribution is 6.30. The van der Waals surface area contributed by atoms with Crippen LogP contribution in [0.15, 0.2) is 24.3 Å². The van der Waals surface area contributed by atoms with Gasteiger partial charge >= 0.3 is 0 Å². The molecule has 0 bridgehead atoms. The van der Waals surface area contributed by atoms with Crippen molar-refractivity contribution in [1.29, 1.82) is 5.26 Å². The molecular weight excluding hydrogens is 262 g/mol. The van der Waals surface area contributed by atoms with E-state index in [9.17, 15) is 10.4 Å². The number of nitrogens with zero attached hydrogens (tertiary/aromatic N) is 1. The molecule has 0 saturated carbocycles. The summed E-state index contributed by atoms with van der Waals surface area (Å²) in [6.45, 7) is 2.81. The van der Waals surface area contributed by atoms with Crippen molar-refractivity contribution in [2.45, 2.75) is 31.8 Å². The minimum atomic E-state index is -1.07. The van der Waals surface area contributed by atoms with Crippen LogP contribution in [0.3, 0.4) is 0 Å². The molecule has 1 atom stereocenters. The number of benzene rings is 1. The van der Waals surface area contributed by atoms with Crippen LogP contribution in [0.2, 0.25) is 5.02 Å². The van der Waals surface area contributed by atoms with Gasteiger partial charge in [0.2, 0.25) is 0 Å². The average Bonchev–Trinajstić information content (AvgIpc) is 2.42.